The Morgan fingerprint density at radius 3 is 2.38 bits per heavy atom. The molecule has 1 aromatic carbocycles. The molecule has 6 heteroatoms. The van der Waals surface area contributed by atoms with Crippen LogP contribution in [0.3, 0.4) is 0 Å². The van der Waals surface area contributed by atoms with Crippen LogP contribution in [0.25, 0.3) is 0 Å². The predicted octanol–water partition coefficient (Wildman–Crippen LogP) is 2.60. The molecule has 0 saturated heterocycles. The van der Waals surface area contributed by atoms with Crippen LogP contribution in [0.1, 0.15) is 32.6 Å². The van der Waals surface area contributed by atoms with Gasteiger partial charge in [0.2, 0.25) is 0 Å². The minimum absolute atomic E-state index is 0.471. The zero-order valence-electron chi connectivity index (χ0n) is 12.0. The largest absolute Gasteiger partial charge is 0.494 e. The third kappa shape index (κ3) is 3.65. The highest BCUT2D eigenvalue weighted by molar-refractivity contribution is 5.94. The molecular weight excluding hydrogens is 272 g/mol. The molecular formula is C15H20N2O4. The monoisotopic (exact) mass is 292 g/mol. The Bertz CT molecular complexity index is 507. The van der Waals surface area contributed by atoms with Crippen molar-refractivity contribution in [3.05, 3.63) is 24.3 Å². The fraction of sp³-hybridized carbons (Fsp3) is 0.467. The first-order chi connectivity index (χ1) is 10.1. The summed E-state index contributed by atoms with van der Waals surface area (Å²) in [6.07, 6.45) is 2.57. The van der Waals surface area contributed by atoms with Gasteiger partial charge in [-0.15, -0.1) is 0 Å². The predicted molar refractivity (Wildman–Crippen MR) is 78.6 cm³/mol. The average Bonchev–Trinajstić information content (AvgIpc) is 2.91. The summed E-state index contributed by atoms with van der Waals surface area (Å²) in [4.78, 5) is 23.3. The number of rotatable bonds is 5. The van der Waals surface area contributed by atoms with Crippen LogP contribution in [0.15, 0.2) is 24.3 Å². The normalized spacial score (nSPS) is 16.2. The molecule has 0 unspecified atom stereocenters. The maximum atomic E-state index is 12.0. The van der Waals surface area contributed by atoms with Crippen LogP contribution in [0.2, 0.25) is 0 Å². The molecule has 1 saturated carbocycles. The van der Waals surface area contributed by atoms with Gasteiger partial charge in [-0.2, -0.15) is 0 Å². The van der Waals surface area contributed by atoms with Gasteiger partial charge in [-0.05, 0) is 44.0 Å². The summed E-state index contributed by atoms with van der Waals surface area (Å²) in [6, 6.07) is 6.44. The second kappa shape index (κ2) is 6.47. The summed E-state index contributed by atoms with van der Waals surface area (Å²) in [6.45, 7) is 2.47. The lowest BCUT2D eigenvalue weighted by atomic mass is 9.98. The molecule has 0 atom stereocenters. The highest BCUT2D eigenvalue weighted by Gasteiger charge is 2.42. The summed E-state index contributed by atoms with van der Waals surface area (Å²) in [5.41, 5.74) is -0.537. The number of aliphatic carboxylic acids is 1. The maximum absolute atomic E-state index is 12.0. The third-order valence-electron chi connectivity index (χ3n) is 3.64. The van der Waals surface area contributed by atoms with E-state index in [1.165, 1.54) is 0 Å². The van der Waals surface area contributed by atoms with Gasteiger partial charge < -0.3 is 20.5 Å². The van der Waals surface area contributed by atoms with Crippen molar-refractivity contribution in [2.75, 3.05) is 11.9 Å². The van der Waals surface area contributed by atoms with Crippen molar-refractivity contribution in [2.45, 2.75) is 38.1 Å². The molecule has 0 radical (unpaired) electrons. The third-order valence-corrected chi connectivity index (χ3v) is 3.64. The molecule has 6 nitrogen and oxygen atoms in total. The Morgan fingerprint density at radius 1 is 1.24 bits per heavy atom. The molecule has 0 heterocycles. The van der Waals surface area contributed by atoms with Gasteiger partial charge in [-0.3, -0.25) is 0 Å². The van der Waals surface area contributed by atoms with Crippen molar-refractivity contribution in [1.82, 2.24) is 5.32 Å². The number of amides is 2. The smallest absolute Gasteiger partial charge is 0.329 e. The number of carboxylic acids is 1. The molecule has 21 heavy (non-hydrogen) atoms. The summed E-state index contributed by atoms with van der Waals surface area (Å²) >= 11 is 0. The van der Waals surface area contributed by atoms with E-state index in [4.69, 9.17) is 4.74 Å². The zero-order valence-corrected chi connectivity index (χ0v) is 12.0. The van der Waals surface area contributed by atoms with E-state index in [1.807, 2.05) is 6.92 Å². The molecule has 1 fully saturated rings. The summed E-state index contributed by atoms with van der Waals surface area (Å²) in [5, 5.41) is 14.6. The number of benzene rings is 1. The number of nitrogens with one attached hydrogen (secondary N) is 2. The van der Waals surface area contributed by atoms with E-state index in [9.17, 15) is 14.7 Å². The van der Waals surface area contributed by atoms with E-state index >= 15 is 0 Å². The molecule has 2 amide bonds. The fourth-order valence-electron chi connectivity index (χ4n) is 2.55. The first kappa shape index (κ1) is 15.2. The second-order valence-electron chi connectivity index (χ2n) is 5.13. The summed E-state index contributed by atoms with van der Waals surface area (Å²) in [5.74, 6) is -0.247. The van der Waals surface area contributed by atoms with Gasteiger partial charge in [0.25, 0.3) is 0 Å². The number of carbonyl (C=O) groups excluding carboxylic acids is 1. The topological polar surface area (TPSA) is 87.7 Å². The minimum Gasteiger partial charge on any atom is -0.494 e. The highest BCUT2D eigenvalue weighted by Crippen LogP contribution is 2.30. The lowest BCUT2D eigenvalue weighted by Crippen LogP contribution is -2.53. The van der Waals surface area contributed by atoms with Crippen LogP contribution in [0.4, 0.5) is 10.5 Å². The number of carboxylic acid groups (broad SMARTS) is 1. The standard InChI is InChI=1S/C15H20N2O4/c1-2-21-12-7-5-11(6-8-12)16-14(20)17-15(13(18)19)9-3-4-10-15/h5-8H,2-4,9-10H2,1H3,(H,18,19)(H2,16,17,20). The van der Waals surface area contributed by atoms with E-state index in [-0.39, 0.29) is 0 Å². The maximum Gasteiger partial charge on any atom is 0.329 e. The number of anilines is 1. The first-order valence-corrected chi connectivity index (χ1v) is 7.11. The molecule has 0 bridgehead atoms. The molecule has 1 aromatic rings. The Morgan fingerprint density at radius 2 is 1.86 bits per heavy atom. The lowest BCUT2D eigenvalue weighted by molar-refractivity contribution is -0.144. The van der Waals surface area contributed by atoms with Crippen molar-refractivity contribution in [3.8, 4) is 5.75 Å². The molecule has 2 rings (SSSR count). The Labute approximate surface area is 123 Å². The molecule has 0 spiro atoms. The summed E-state index contributed by atoms with van der Waals surface area (Å²) in [7, 11) is 0. The van der Waals surface area contributed by atoms with E-state index in [1.54, 1.807) is 24.3 Å². The van der Waals surface area contributed by atoms with Crippen molar-refractivity contribution in [3.63, 3.8) is 0 Å². The molecule has 1 aliphatic carbocycles. The van der Waals surface area contributed by atoms with Crippen molar-refractivity contribution < 1.29 is 19.4 Å². The Balaban J connectivity index is 1.96. The molecule has 114 valence electrons. The minimum atomic E-state index is -1.13. The molecule has 0 aromatic heterocycles. The van der Waals surface area contributed by atoms with Gasteiger partial charge in [0.1, 0.15) is 11.3 Å². The Hall–Kier alpha value is -2.24. The average molecular weight is 292 g/mol. The van der Waals surface area contributed by atoms with Gasteiger partial charge in [0.15, 0.2) is 0 Å². The van der Waals surface area contributed by atoms with E-state index in [2.05, 4.69) is 10.6 Å². The van der Waals surface area contributed by atoms with Gasteiger partial charge in [-0.25, -0.2) is 9.59 Å². The van der Waals surface area contributed by atoms with Crippen LogP contribution >= 0.6 is 0 Å². The van der Waals surface area contributed by atoms with Crippen molar-refractivity contribution >= 4 is 17.7 Å². The van der Waals surface area contributed by atoms with Gasteiger partial charge in [0, 0.05) is 5.69 Å². The highest BCUT2D eigenvalue weighted by atomic mass is 16.5. The second-order valence-corrected chi connectivity index (χ2v) is 5.13. The number of ether oxygens (including phenoxy) is 1. The van der Waals surface area contributed by atoms with Gasteiger partial charge in [0.05, 0.1) is 6.61 Å². The van der Waals surface area contributed by atoms with Crippen LogP contribution in [0.5, 0.6) is 5.75 Å². The van der Waals surface area contributed by atoms with Crippen LogP contribution in [-0.2, 0) is 4.79 Å². The SMILES string of the molecule is CCOc1ccc(NC(=O)NC2(C(=O)O)CCCC2)cc1. The number of hydrogen-bond donors (Lipinski definition) is 3. The number of hydrogen-bond acceptors (Lipinski definition) is 3. The van der Waals surface area contributed by atoms with Crippen LogP contribution < -0.4 is 15.4 Å². The van der Waals surface area contributed by atoms with E-state index in [0.717, 1.165) is 18.6 Å². The zero-order chi connectivity index (χ0) is 15.3. The Kier molecular flexibility index (Phi) is 4.67. The summed E-state index contributed by atoms with van der Waals surface area (Å²) < 4.78 is 5.31. The van der Waals surface area contributed by atoms with E-state index < -0.39 is 17.5 Å². The number of urea groups is 1. The molecule has 0 aliphatic heterocycles. The molecule has 3 N–H and O–H groups in total. The number of carbonyl (C=O) groups is 2. The van der Waals surface area contributed by atoms with E-state index in [0.29, 0.717) is 25.1 Å². The van der Waals surface area contributed by atoms with Gasteiger partial charge >= 0.3 is 12.0 Å². The van der Waals surface area contributed by atoms with Crippen molar-refractivity contribution in [2.24, 2.45) is 0 Å². The first-order valence-electron chi connectivity index (χ1n) is 7.11. The molecule has 1 aliphatic rings. The van der Waals surface area contributed by atoms with Crippen LogP contribution in [0, 0.1) is 0 Å². The quantitative estimate of drug-likeness (QED) is 0.778. The van der Waals surface area contributed by atoms with Gasteiger partial charge in [-0.1, -0.05) is 12.8 Å². The van der Waals surface area contributed by atoms with Crippen LogP contribution in [-0.4, -0.2) is 29.3 Å². The van der Waals surface area contributed by atoms with Crippen molar-refractivity contribution in [1.29, 1.82) is 0 Å². The lowest BCUT2D eigenvalue weighted by Gasteiger charge is -2.25. The fourth-order valence-corrected chi connectivity index (χ4v) is 2.55.